The highest BCUT2D eigenvalue weighted by Crippen LogP contribution is 2.32. The molecule has 2 aliphatic rings. The summed E-state index contributed by atoms with van der Waals surface area (Å²) in [6, 6.07) is 6.18. The van der Waals surface area contributed by atoms with Crippen LogP contribution < -0.4 is 0 Å². The van der Waals surface area contributed by atoms with Crippen molar-refractivity contribution in [2.75, 3.05) is 26.7 Å². The third kappa shape index (κ3) is 3.24. The van der Waals surface area contributed by atoms with Crippen molar-refractivity contribution in [3.8, 4) is 0 Å². The van der Waals surface area contributed by atoms with Crippen molar-refractivity contribution in [3.05, 3.63) is 30.1 Å². The number of carbonyl (C=O) groups excluding carboxylic acids is 1. The van der Waals surface area contributed by atoms with Gasteiger partial charge < -0.3 is 14.5 Å². The van der Waals surface area contributed by atoms with Gasteiger partial charge in [-0.15, -0.1) is 0 Å². The van der Waals surface area contributed by atoms with Crippen LogP contribution in [0.4, 0.5) is 0 Å². The molecule has 1 atom stereocenters. The maximum Gasteiger partial charge on any atom is 0.256 e. The Balaban J connectivity index is 1.76. The van der Waals surface area contributed by atoms with E-state index in [2.05, 4.69) is 9.88 Å². The lowest BCUT2D eigenvalue weighted by molar-refractivity contribution is -0.167. The van der Waals surface area contributed by atoms with Crippen molar-refractivity contribution in [2.45, 2.75) is 38.0 Å². The number of likely N-dealkylation sites (N-methyl/N-ethyl adjacent to an activating group) is 1. The number of carbonyl (C=O) groups is 1. The minimum absolute atomic E-state index is 0.0993. The number of aromatic nitrogens is 1. The molecule has 2 fully saturated rings. The fraction of sp³-hybridized carbons (Fsp3) is 0.625. The Kier molecular flexibility index (Phi) is 3.95. The van der Waals surface area contributed by atoms with E-state index >= 15 is 0 Å². The van der Waals surface area contributed by atoms with Gasteiger partial charge in [0.05, 0.1) is 18.8 Å². The summed E-state index contributed by atoms with van der Waals surface area (Å²) in [5.74, 6) is 0.0993. The molecular weight excluding hydrogens is 266 g/mol. The molecule has 3 rings (SSSR count). The minimum Gasteiger partial charge on any atom is -0.363 e. The normalized spacial score (nSPS) is 26.6. The smallest absolute Gasteiger partial charge is 0.256 e. The molecule has 5 nitrogen and oxygen atoms in total. The van der Waals surface area contributed by atoms with Crippen molar-refractivity contribution in [2.24, 2.45) is 0 Å². The first-order chi connectivity index (χ1) is 10.1. The van der Waals surface area contributed by atoms with Gasteiger partial charge in [-0.2, -0.15) is 0 Å². The van der Waals surface area contributed by atoms with Crippen LogP contribution in [0.3, 0.4) is 0 Å². The summed E-state index contributed by atoms with van der Waals surface area (Å²) in [5.41, 5.74) is 0.204. The van der Waals surface area contributed by atoms with Gasteiger partial charge in [0.25, 0.3) is 5.91 Å². The zero-order valence-corrected chi connectivity index (χ0v) is 12.8. The van der Waals surface area contributed by atoms with Gasteiger partial charge in [0.15, 0.2) is 5.60 Å². The topological polar surface area (TPSA) is 45.7 Å². The number of nitrogens with zero attached hydrogens (tertiary/aromatic N) is 3. The van der Waals surface area contributed by atoms with Gasteiger partial charge in [-0.05, 0) is 38.9 Å². The predicted octanol–water partition coefficient (Wildman–Crippen LogP) is 1.29. The lowest BCUT2D eigenvalue weighted by atomic mass is 10.0. The summed E-state index contributed by atoms with van der Waals surface area (Å²) in [7, 11) is 2.04. The minimum atomic E-state index is -0.732. The first kappa shape index (κ1) is 14.5. The van der Waals surface area contributed by atoms with Crippen LogP contribution in [0, 0.1) is 0 Å². The lowest BCUT2D eigenvalue weighted by Gasteiger charge is -2.40. The number of morpholine rings is 1. The van der Waals surface area contributed by atoms with Gasteiger partial charge in [-0.25, -0.2) is 0 Å². The lowest BCUT2D eigenvalue weighted by Crippen LogP contribution is -2.58. The number of pyridine rings is 1. The molecule has 0 bridgehead atoms. The highest BCUT2D eigenvalue weighted by molar-refractivity contribution is 5.85. The molecule has 1 saturated carbocycles. The highest BCUT2D eigenvalue weighted by atomic mass is 16.5. The summed E-state index contributed by atoms with van der Waals surface area (Å²) in [4.78, 5) is 21.5. The molecular formula is C16H23N3O2. The van der Waals surface area contributed by atoms with Crippen LogP contribution in [0.25, 0.3) is 0 Å². The molecule has 1 amide bonds. The van der Waals surface area contributed by atoms with Crippen molar-refractivity contribution in [1.29, 1.82) is 0 Å². The monoisotopic (exact) mass is 289 g/mol. The summed E-state index contributed by atoms with van der Waals surface area (Å²) >= 11 is 0. The van der Waals surface area contributed by atoms with Gasteiger partial charge in [0.2, 0.25) is 0 Å². The SMILES string of the molecule is CN1CCO[C@](C)(C(=O)N(Cc2ccccn2)C2CC2)C1. The van der Waals surface area contributed by atoms with E-state index in [1.54, 1.807) is 6.20 Å². The third-order valence-electron chi connectivity index (χ3n) is 4.22. The average molecular weight is 289 g/mol. The fourth-order valence-corrected chi connectivity index (χ4v) is 2.92. The molecule has 0 radical (unpaired) electrons. The Labute approximate surface area is 125 Å². The molecule has 1 aromatic rings. The Morgan fingerprint density at radius 2 is 2.33 bits per heavy atom. The number of amides is 1. The standard InChI is InChI=1S/C16H23N3O2/c1-16(12-18(2)9-10-21-16)15(20)19(14-6-7-14)11-13-5-3-4-8-17-13/h3-5,8,14H,6-7,9-12H2,1-2H3/t16-/m0/s1. The molecule has 0 spiro atoms. The second kappa shape index (κ2) is 5.73. The van der Waals surface area contributed by atoms with E-state index in [0.29, 0.717) is 25.7 Å². The van der Waals surface area contributed by atoms with Gasteiger partial charge in [-0.3, -0.25) is 9.78 Å². The highest BCUT2D eigenvalue weighted by Gasteiger charge is 2.45. The number of hydrogen-bond donors (Lipinski definition) is 0. The Bertz CT molecular complexity index is 504. The van der Waals surface area contributed by atoms with Crippen LogP contribution in [0.5, 0.6) is 0 Å². The zero-order chi connectivity index (χ0) is 14.9. The second-order valence-corrected chi connectivity index (χ2v) is 6.30. The van der Waals surface area contributed by atoms with Crippen LogP contribution in [0.15, 0.2) is 24.4 Å². The first-order valence-corrected chi connectivity index (χ1v) is 7.62. The Morgan fingerprint density at radius 1 is 1.52 bits per heavy atom. The van der Waals surface area contributed by atoms with Crippen molar-refractivity contribution in [1.82, 2.24) is 14.8 Å². The van der Waals surface area contributed by atoms with Crippen molar-refractivity contribution < 1.29 is 9.53 Å². The molecule has 1 aliphatic carbocycles. The van der Waals surface area contributed by atoms with E-state index in [-0.39, 0.29) is 5.91 Å². The molecule has 1 aromatic heterocycles. The molecule has 0 unspecified atom stereocenters. The largest absolute Gasteiger partial charge is 0.363 e. The van der Waals surface area contributed by atoms with Crippen molar-refractivity contribution >= 4 is 5.91 Å². The number of ether oxygens (including phenoxy) is 1. The fourth-order valence-electron chi connectivity index (χ4n) is 2.92. The van der Waals surface area contributed by atoms with E-state index in [0.717, 1.165) is 25.1 Å². The maximum absolute atomic E-state index is 13.0. The molecule has 5 heteroatoms. The zero-order valence-electron chi connectivity index (χ0n) is 12.8. The molecule has 0 aromatic carbocycles. The maximum atomic E-state index is 13.0. The van der Waals surface area contributed by atoms with Gasteiger partial charge in [0, 0.05) is 25.3 Å². The van der Waals surface area contributed by atoms with Crippen LogP contribution in [-0.4, -0.2) is 59.1 Å². The molecule has 1 aliphatic heterocycles. The summed E-state index contributed by atoms with van der Waals surface area (Å²) in [6.45, 7) is 4.64. The van der Waals surface area contributed by atoms with E-state index in [9.17, 15) is 4.79 Å². The summed E-state index contributed by atoms with van der Waals surface area (Å²) < 4.78 is 5.84. The molecule has 1 saturated heterocycles. The average Bonchev–Trinajstić information content (AvgIpc) is 3.29. The van der Waals surface area contributed by atoms with Gasteiger partial charge >= 0.3 is 0 Å². The van der Waals surface area contributed by atoms with E-state index in [1.807, 2.05) is 37.1 Å². The van der Waals surface area contributed by atoms with Crippen LogP contribution in [0.1, 0.15) is 25.5 Å². The number of hydrogen-bond acceptors (Lipinski definition) is 4. The molecule has 0 N–H and O–H groups in total. The molecule has 114 valence electrons. The van der Waals surface area contributed by atoms with Crippen LogP contribution in [0.2, 0.25) is 0 Å². The predicted molar refractivity (Wildman–Crippen MR) is 79.7 cm³/mol. The third-order valence-corrected chi connectivity index (χ3v) is 4.22. The quantitative estimate of drug-likeness (QED) is 0.838. The molecule has 2 heterocycles. The van der Waals surface area contributed by atoms with E-state index < -0.39 is 5.60 Å². The summed E-state index contributed by atoms with van der Waals surface area (Å²) in [5, 5.41) is 0. The Morgan fingerprint density at radius 3 is 2.95 bits per heavy atom. The summed E-state index contributed by atoms with van der Waals surface area (Å²) in [6.07, 6.45) is 3.95. The van der Waals surface area contributed by atoms with Crippen LogP contribution >= 0.6 is 0 Å². The second-order valence-electron chi connectivity index (χ2n) is 6.30. The van der Waals surface area contributed by atoms with E-state index in [1.165, 1.54) is 0 Å². The molecule has 21 heavy (non-hydrogen) atoms. The Hall–Kier alpha value is -1.46. The van der Waals surface area contributed by atoms with Crippen LogP contribution in [-0.2, 0) is 16.1 Å². The van der Waals surface area contributed by atoms with E-state index in [4.69, 9.17) is 4.74 Å². The number of rotatable bonds is 4. The van der Waals surface area contributed by atoms with Crippen molar-refractivity contribution in [3.63, 3.8) is 0 Å². The van der Waals surface area contributed by atoms with Gasteiger partial charge in [0.1, 0.15) is 0 Å². The first-order valence-electron chi connectivity index (χ1n) is 7.62. The van der Waals surface area contributed by atoms with Gasteiger partial charge in [-0.1, -0.05) is 6.07 Å².